The molecule has 2 aromatic rings. The van der Waals surface area contributed by atoms with Gasteiger partial charge in [0.1, 0.15) is 5.69 Å². The molecule has 0 N–H and O–H groups in total. The minimum Gasteiger partial charge on any atom is -0.248 e. The molecule has 1 heteroatoms. The molecule has 0 unspecified atom stereocenters. The van der Waals surface area contributed by atoms with Gasteiger partial charge in [-0.3, -0.25) is 0 Å². The molecule has 0 saturated carbocycles. The second kappa shape index (κ2) is 12.3. The highest BCUT2D eigenvalue weighted by Crippen LogP contribution is 2.10. The molecule has 0 saturated heterocycles. The Labute approximate surface area is 160 Å². The number of hydrogen-bond donors (Lipinski definition) is 0. The number of benzene rings is 1. The van der Waals surface area contributed by atoms with Crippen molar-refractivity contribution in [2.24, 2.45) is 0 Å². The highest BCUT2D eigenvalue weighted by molar-refractivity contribution is 5.41. The van der Waals surface area contributed by atoms with E-state index in [4.69, 9.17) is 0 Å². The van der Waals surface area contributed by atoms with E-state index in [9.17, 15) is 0 Å². The Kier molecular flexibility index (Phi) is 9.59. The average molecular weight is 348 g/mol. The van der Waals surface area contributed by atoms with E-state index in [0.29, 0.717) is 0 Å². The normalized spacial score (nSPS) is 10.4. The first-order valence-corrected chi connectivity index (χ1v) is 10.4. The minimum absolute atomic E-state index is 0.853. The second-order valence-corrected chi connectivity index (χ2v) is 7.12. The predicted molar refractivity (Wildman–Crippen MR) is 112 cm³/mol. The third-order valence-corrected chi connectivity index (χ3v) is 4.75. The van der Waals surface area contributed by atoms with Crippen LogP contribution in [0.4, 0.5) is 0 Å². The van der Waals surface area contributed by atoms with Gasteiger partial charge in [-0.1, -0.05) is 76.5 Å². The van der Waals surface area contributed by atoms with Crippen LogP contribution in [0.1, 0.15) is 87.6 Å². The van der Waals surface area contributed by atoms with Crippen molar-refractivity contribution in [3.63, 3.8) is 0 Å². The zero-order valence-corrected chi connectivity index (χ0v) is 16.6. The summed E-state index contributed by atoms with van der Waals surface area (Å²) in [4.78, 5) is 4.49. The second-order valence-electron chi connectivity index (χ2n) is 7.12. The first-order chi connectivity index (χ1) is 12.8. The number of pyridine rings is 1. The quantitative estimate of drug-likeness (QED) is 0.343. The van der Waals surface area contributed by atoms with Crippen LogP contribution in [0.2, 0.25) is 0 Å². The van der Waals surface area contributed by atoms with E-state index in [1.165, 1.54) is 68.9 Å². The summed E-state index contributed by atoms with van der Waals surface area (Å²) in [7, 11) is 0. The Bertz CT molecular complexity index is 611. The van der Waals surface area contributed by atoms with E-state index < -0.39 is 0 Å². The van der Waals surface area contributed by atoms with E-state index in [2.05, 4.69) is 61.0 Å². The van der Waals surface area contributed by atoms with Gasteiger partial charge in [-0.15, -0.1) is 0 Å². The summed E-state index contributed by atoms with van der Waals surface area (Å²) in [6.45, 7) is 4.50. The van der Waals surface area contributed by atoms with Crippen molar-refractivity contribution in [1.29, 1.82) is 0 Å². The van der Waals surface area contributed by atoms with Gasteiger partial charge in [-0.2, -0.15) is 0 Å². The van der Waals surface area contributed by atoms with Gasteiger partial charge in [0.15, 0.2) is 0 Å². The van der Waals surface area contributed by atoms with Crippen LogP contribution in [0.5, 0.6) is 0 Å². The largest absolute Gasteiger partial charge is 0.248 e. The standard InChI is InChI=1S/C25H33N/c1-3-5-7-9-11-22-13-15-23(16-14-22)17-19-25-20-18-24(21-26-25)12-10-8-6-4-2/h13-16,18,20-21H,3-12H2,1-2H3. The molecule has 0 aliphatic carbocycles. The van der Waals surface area contributed by atoms with Crippen LogP contribution in [0.15, 0.2) is 42.6 Å². The van der Waals surface area contributed by atoms with Gasteiger partial charge in [-0.05, 0) is 60.9 Å². The maximum absolute atomic E-state index is 4.49. The molecule has 1 aromatic carbocycles. The number of rotatable bonds is 10. The molecule has 1 nitrogen and oxygen atoms in total. The van der Waals surface area contributed by atoms with E-state index in [-0.39, 0.29) is 0 Å². The summed E-state index contributed by atoms with van der Waals surface area (Å²) in [6.07, 6.45) is 14.7. The molecule has 2 rings (SSSR count). The van der Waals surface area contributed by atoms with E-state index in [0.717, 1.165) is 17.7 Å². The maximum atomic E-state index is 4.49. The van der Waals surface area contributed by atoms with Crippen LogP contribution in [-0.2, 0) is 12.8 Å². The molecule has 0 atom stereocenters. The first kappa shape index (κ1) is 20.2. The predicted octanol–water partition coefficient (Wildman–Crippen LogP) is 6.73. The number of nitrogens with zero attached hydrogens (tertiary/aromatic N) is 1. The Morgan fingerprint density at radius 3 is 1.85 bits per heavy atom. The highest BCUT2D eigenvalue weighted by Gasteiger charge is 1.96. The molecule has 0 fully saturated rings. The SMILES string of the molecule is CCCCCCc1ccc(C#Cc2ccc(CCCCCC)cn2)cc1. The molecule has 1 heterocycles. The molecule has 0 amide bonds. The summed E-state index contributed by atoms with van der Waals surface area (Å²) in [5, 5.41) is 0. The Balaban J connectivity index is 1.82. The molecule has 138 valence electrons. The van der Waals surface area contributed by atoms with Crippen LogP contribution in [0, 0.1) is 11.8 Å². The topological polar surface area (TPSA) is 12.9 Å². The smallest absolute Gasteiger partial charge is 0.113 e. The summed E-state index contributed by atoms with van der Waals surface area (Å²) in [5.41, 5.74) is 4.65. The monoisotopic (exact) mass is 347 g/mol. The summed E-state index contributed by atoms with van der Waals surface area (Å²) in [5.74, 6) is 6.41. The van der Waals surface area contributed by atoms with Crippen molar-refractivity contribution in [3.8, 4) is 11.8 Å². The molecule has 1 aromatic heterocycles. The van der Waals surface area contributed by atoms with Gasteiger partial charge in [-0.25, -0.2) is 4.98 Å². The molecule has 0 aliphatic heterocycles. The van der Waals surface area contributed by atoms with Crippen molar-refractivity contribution in [1.82, 2.24) is 4.98 Å². The van der Waals surface area contributed by atoms with Crippen molar-refractivity contribution in [2.45, 2.75) is 78.1 Å². The Hall–Kier alpha value is -2.07. The lowest BCUT2D eigenvalue weighted by Crippen LogP contribution is -1.89. The van der Waals surface area contributed by atoms with Gasteiger partial charge >= 0.3 is 0 Å². The zero-order valence-electron chi connectivity index (χ0n) is 16.6. The summed E-state index contributed by atoms with van der Waals surface area (Å²) >= 11 is 0. The Morgan fingerprint density at radius 1 is 0.654 bits per heavy atom. The van der Waals surface area contributed by atoms with Crippen molar-refractivity contribution < 1.29 is 0 Å². The number of unbranched alkanes of at least 4 members (excludes halogenated alkanes) is 6. The molecular formula is C25H33N. The molecule has 0 spiro atoms. The maximum Gasteiger partial charge on any atom is 0.113 e. The minimum atomic E-state index is 0.853. The first-order valence-electron chi connectivity index (χ1n) is 10.4. The van der Waals surface area contributed by atoms with Crippen LogP contribution in [0.25, 0.3) is 0 Å². The van der Waals surface area contributed by atoms with Crippen LogP contribution in [0.3, 0.4) is 0 Å². The van der Waals surface area contributed by atoms with Gasteiger partial charge in [0.05, 0.1) is 0 Å². The van der Waals surface area contributed by atoms with Crippen LogP contribution in [-0.4, -0.2) is 4.98 Å². The lowest BCUT2D eigenvalue weighted by molar-refractivity contribution is 0.666. The van der Waals surface area contributed by atoms with Crippen LogP contribution < -0.4 is 0 Å². The molecule has 0 bridgehead atoms. The van der Waals surface area contributed by atoms with Gasteiger partial charge in [0.25, 0.3) is 0 Å². The Morgan fingerprint density at radius 2 is 1.27 bits per heavy atom. The third-order valence-electron chi connectivity index (χ3n) is 4.75. The van der Waals surface area contributed by atoms with Gasteiger partial charge in [0, 0.05) is 11.8 Å². The van der Waals surface area contributed by atoms with E-state index in [1.54, 1.807) is 0 Å². The fraction of sp³-hybridized carbons (Fsp3) is 0.480. The highest BCUT2D eigenvalue weighted by atomic mass is 14.7. The van der Waals surface area contributed by atoms with Crippen molar-refractivity contribution in [2.75, 3.05) is 0 Å². The number of hydrogen-bond acceptors (Lipinski definition) is 1. The number of aromatic nitrogens is 1. The zero-order chi connectivity index (χ0) is 18.5. The fourth-order valence-electron chi connectivity index (χ4n) is 3.05. The molecular weight excluding hydrogens is 314 g/mol. The van der Waals surface area contributed by atoms with Crippen molar-refractivity contribution >= 4 is 0 Å². The van der Waals surface area contributed by atoms with E-state index >= 15 is 0 Å². The average Bonchev–Trinajstić information content (AvgIpc) is 2.69. The van der Waals surface area contributed by atoms with E-state index in [1.807, 2.05) is 12.3 Å². The van der Waals surface area contributed by atoms with Crippen LogP contribution >= 0.6 is 0 Å². The lowest BCUT2D eigenvalue weighted by atomic mass is 10.0. The molecule has 26 heavy (non-hydrogen) atoms. The third kappa shape index (κ3) is 7.87. The number of aryl methyl sites for hydroxylation is 2. The summed E-state index contributed by atoms with van der Waals surface area (Å²) in [6, 6.07) is 12.9. The molecule has 0 radical (unpaired) electrons. The van der Waals surface area contributed by atoms with Gasteiger partial charge in [0.2, 0.25) is 0 Å². The summed E-state index contributed by atoms with van der Waals surface area (Å²) < 4.78 is 0. The molecule has 0 aliphatic rings. The lowest BCUT2D eigenvalue weighted by Gasteiger charge is -2.01. The fourth-order valence-corrected chi connectivity index (χ4v) is 3.05. The van der Waals surface area contributed by atoms with Gasteiger partial charge < -0.3 is 0 Å². The van der Waals surface area contributed by atoms with Crippen molar-refractivity contribution in [3.05, 3.63) is 65.0 Å².